The molecule has 4 nitrogen and oxygen atoms in total. The lowest BCUT2D eigenvalue weighted by Crippen LogP contribution is -1.94. The van der Waals surface area contributed by atoms with E-state index in [0.717, 1.165) is 38.5 Å². The summed E-state index contributed by atoms with van der Waals surface area (Å²) in [5, 5.41) is 2.10. The van der Waals surface area contributed by atoms with Gasteiger partial charge in [-0.05, 0) is 43.3 Å². The molecule has 0 fully saturated rings. The van der Waals surface area contributed by atoms with Crippen LogP contribution in [0.5, 0.6) is 0 Å². The van der Waals surface area contributed by atoms with Gasteiger partial charge in [-0.2, -0.15) is 0 Å². The maximum Gasteiger partial charge on any atom is 0.100 e. The second kappa shape index (κ2) is 4.86. The van der Waals surface area contributed by atoms with Crippen molar-refractivity contribution in [3.8, 4) is 5.69 Å². The maximum absolute atomic E-state index is 4.69. The topological polar surface area (TPSA) is 43.6 Å². The number of fused-ring (bicyclic) bond motifs is 6. The Morgan fingerprint density at radius 3 is 2.12 bits per heavy atom. The summed E-state index contributed by atoms with van der Waals surface area (Å²) < 4.78 is 2.13. The first-order valence-electron chi connectivity index (χ1n) is 7.88. The van der Waals surface area contributed by atoms with Gasteiger partial charge in [-0.15, -0.1) is 0 Å². The van der Waals surface area contributed by atoms with Gasteiger partial charge >= 0.3 is 0 Å². The lowest BCUT2D eigenvalue weighted by atomic mass is 10.1. The molecule has 0 aliphatic rings. The first-order chi connectivity index (χ1) is 11.8. The quantitative estimate of drug-likeness (QED) is 0.430. The lowest BCUT2D eigenvalue weighted by molar-refractivity contribution is 1.09. The van der Waals surface area contributed by atoms with E-state index in [1.807, 2.05) is 24.7 Å². The zero-order valence-electron chi connectivity index (χ0n) is 13.1. The molecule has 2 aromatic carbocycles. The van der Waals surface area contributed by atoms with Gasteiger partial charge in [0.1, 0.15) is 6.33 Å². The Balaban J connectivity index is 2.00. The Morgan fingerprint density at radius 1 is 0.708 bits per heavy atom. The third kappa shape index (κ3) is 1.77. The van der Waals surface area contributed by atoms with Crippen LogP contribution in [0.3, 0.4) is 0 Å². The van der Waals surface area contributed by atoms with Gasteiger partial charge in [0.05, 0.1) is 22.1 Å². The molecule has 3 aromatic heterocycles. The summed E-state index contributed by atoms with van der Waals surface area (Å²) in [5.74, 6) is 0. The molecule has 0 aliphatic carbocycles. The van der Waals surface area contributed by atoms with E-state index in [-0.39, 0.29) is 0 Å². The fourth-order valence-electron chi connectivity index (χ4n) is 3.27. The molecule has 0 amide bonds. The van der Waals surface area contributed by atoms with Crippen LogP contribution < -0.4 is 0 Å². The Morgan fingerprint density at radius 2 is 1.38 bits per heavy atom. The van der Waals surface area contributed by atoms with Crippen LogP contribution in [0, 0.1) is 6.92 Å². The molecule has 0 saturated carbocycles. The molecule has 0 unspecified atom stereocenters. The molecule has 0 atom stereocenters. The molecule has 0 radical (unpaired) electrons. The second-order valence-electron chi connectivity index (χ2n) is 5.95. The lowest BCUT2D eigenvalue weighted by Gasteiger charge is -2.09. The molecule has 0 aliphatic heterocycles. The molecule has 0 spiro atoms. The summed E-state index contributed by atoms with van der Waals surface area (Å²) in [6.45, 7) is 2.09. The number of nitrogens with zero attached hydrogens (tertiary/aromatic N) is 4. The fraction of sp³-hybridized carbons (Fsp3) is 0.0500. The van der Waals surface area contributed by atoms with Gasteiger partial charge < -0.3 is 0 Å². The summed E-state index contributed by atoms with van der Waals surface area (Å²) in [7, 11) is 0. The van der Waals surface area contributed by atoms with Crippen molar-refractivity contribution in [3.63, 3.8) is 0 Å². The molecule has 3 heterocycles. The van der Waals surface area contributed by atoms with Crippen molar-refractivity contribution in [3.05, 3.63) is 72.8 Å². The highest BCUT2D eigenvalue weighted by atomic mass is 15.1. The van der Waals surface area contributed by atoms with E-state index in [2.05, 4.69) is 57.9 Å². The average molecular weight is 310 g/mol. The number of hydrogen-bond donors (Lipinski definition) is 0. The van der Waals surface area contributed by atoms with Crippen molar-refractivity contribution in [2.75, 3.05) is 0 Å². The molecule has 0 bridgehead atoms. The van der Waals surface area contributed by atoms with Gasteiger partial charge in [0.25, 0.3) is 0 Å². The second-order valence-corrected chi connectivity index (χ2v) is 5.95. The summed E-state index contributed by atoms with van der Waals surface area (Å²) in [6, 6.07) is 16.5. The predicted octanol–water partition coefficient (Wildman–Crippen LogP) is 4.43. The van der Waals surface area contributed by atoms with Crippen molar-refractivity contribution in [1.82, 2.24) is 19.5 Å². The number of rotatable bonds is 1. The van der Waals surface area contributed by atoms with Crippen LogP contribution in [-0.2, 0) is 0 Å². The van der Waals surface area contributed by atoms with E-state index < -0.39 is 0 Å². The van der Waals surface area contributed by atoms with E-state index in [1.165, 1.54) is 5.56 Å². The number of hydrogen-bond acceptors (Lipinski definition) is 3. The normalized spacial score (nSPS) is 11.5. The van der Waals surface area contributed by atoms with Crippen LogP contribution in [0.1, 0.15) is 5.56 Å². The van der Waals surface area contributed by atoms with Gasteiger partial charge in [-0.25, -0.2) is 4.98 Å². The predicted molar refractivity (Wildman–Crippen MR) is 96.4 cm³/mol. The van der Waals surface area contributed by atoms with Gasteiger partial charge in [0.2, 0.25) is 0 Å². The van der Waals surface area contributed by atoms with Gasteiger partial charge in [0, 0.05) is 28.9 Å². The Hall–Kier alpha value is -3.27. The van der Waals surface area contributed by atoms with Crippen LogP contribution in [0.2, 0.25) is 0 Å². The Bertz CT molecular complexity index is 1200. The summed E-state index contributed by atoms with van der Waals surface area (Å²) in [4.78, 5) is 13.8. The van der Waals surface area contributed by atoms with Crippen molar-refractivity contribution in [2.45, 2.75) is 6.92 Å². The number of imidazole rings is 1. The molecular weight excluding hydrogens is 296 g/mol. The van der Waals surface area contributed by atoms with Crippen LogP contribution in [0.15, 0.2) is 67.3 Å². The third-order valence-corrected chi connectivity index (χ3v) is 4.43. The zero-order valence-corrected chi connectivity index (χ0v) is 13.1. The van der Waals surface area contributed by atoms with E-state index in [9.17, 15) is 0 Å². The highest BCUT2D eigenvalue weighted by molar-refractivity contribution is 6.20. The molecule has 114 valence electrons. The van der Waals surface area contributed by atoms with Crippen molar-refractivity contribution >= 4 is 32.8 Å². The third-order valence-electron chi connectivity index (χ3n) is 4.43. The van der Waals surface area contributed by atoms with E-state index in [1.54, 1.807) is 6.20 Å². The van der Waals surface area contributed by atoms with Crippen LogP contribution in [-0.4, -0.2) is 19.5 Å². The average Bonchev–Trinajstić information content (AvgIpc) is 3.08. The van der Waals surface area contributed by atoms with Crippen LogP contribution in [0.4, 0.5) is 0 Å². The highest BCUT2D eigenvalue weighted by Crippen LogP contribution is 2.33. The summed E-state index contributed by atoms with van der Waals surface area (Å²) in [6.07, 6.45) is 5.50. The molecule has 5 aromatic rings. The Kier molecular flexibility index (Phi) is 2.67. The van der Waals surface area contributed by atoms with E-state index >= 15 is 0 Å². The van der Waals surface area contributed by atoms with Crippen molar-refractivity contribution < 1.29 is 0 Å². The number of pyridine rings is 2. The smallest absolute Gasteiger partial charge is 0.100 e. The molecule has 0 N–H and O–H groups in total. The van der Waals surface area contributed by atoms with Gasteiger partial charge in [0.15, 0.2) is 0 Å². The number of aromatic nitrogens is 4. The standard InChI is InChI=1S/C20H14N4/c1-13-6-8-14(9-7-13)24-12-23-19-15-4-2-10-21-17(15)18-16(20(19)24)5-3-11-22-18/h2-12H,1H3. The molecular formula is C20H14N4. The molecule has 0 saturated heterocycles. The molecule has 24 heavy (non-hydrogen) atoms. The highest BCUT2D eigenvalue weighted by Gasteiger charge is 2.15. The number of benzene rings is 2. The SMILES string of the molecule is Cc1ccc(-n2cnc3c4cccnc4c4ncccc4c32)cc1. The Labute approximate surface area is 138 Å². The van der Waals surface area contributed by atoms with E-state index in [4.69, 9.17) is 4.98 Å². The van der Waals surface area contributed by atoms with Gasteiger partial charge in [-0.3, -0.25) is 14.5 Å². The fourth-order valence-corrected chi connectivity index (χ4v) is 3.27. The minimum atomic E-state index is 0.898. The number of aryl methyl sites for hydroxylation is 1. The van der Waals surface area contributed by atoms with Crippen molar-refractivity contribution in [2.24, 2.45) is 0 Å². The van der Waals surface area contributed by atoms with Gasteiger partial charge in [-0.1, -0.05) is 17.7 Å². The molecule has 4 heteroatoms. The monoisotopic (exact) mass is 310 g/mol. The first-order valence-corrected chi connectivity index (χ1v) is 7.88. The zero-order chi connectivity index (χ0) is 16.1. The summed E-state index contributed by atoms with van der Waals surface area (Å²) in [5.41, 5.74) is 6.17. The molecule has 5 rings (SSSR count). The minimum Gasteiger partial charge on any atom is -0.298 e. The van der Waals surface area contributed by atoms with Crippen LogP contribution >= 0.6 is 0 Å². The largest absolute Gasteiger partial charge is 0.298 e. The van der Waals surface area contributed by atoms with Crippen LogP contribution in [0.25, 0.3) is 38.5 Å². The maximum atomic E-state index is 4.69. The van der Waals surface area contributed by atoms with E-state index in [0.29, 0.717) is 0 Å². The van der Waals surface area contributed by atoms with Crippen molar-refractivity contribution in [1.29, 1.82) is 0 Å². The summed E-state index contributed by atoms with van der Waals surface area (Å²) >= 11 is 0. The first kappa shape index (κ1) is 13.2. The minimum absolute atomic E-state index is 0.898.